The fraction of sp³-hybridized carbons (Fsp3) is 0.261. The topological polar surface area (TPSA) is 62.2 Å². The molecule has 0 spiro atoms. The molecule has 0 aliphatic carbocycles. The van der Waals surface area contributed by atoms with E-state index in [1.807, 2.05) is 67.2 Å². The molecule has 2 N–H and O–H groups in total. The second kappa shape index (κ2) is 8.67. The summed E-state index contributed by atoms with van der Waals surface area (Å²) in [6.45, 7) is 2.50. The van der Waals surface area contributed by atoms with Crippen LogP contribution in [0.5, 0.6) is 0 Å². The van der Waals surface area contributed by atoms with Crippen LogP contribution in [-0.4, -0.2) is 32.0 Å². The molecule has 1 amide bonds. The number of carbonyl (C=O) groups excluding carboxylic acids is 1. The Morgan fingerprint density at radius 1 is 1.20 bits per heavy atom. The fourth-order valence-electron chi connectivity index (χ4n) is 3.86. The molecule has 30 heavy (non-hydrogen) atoms. The molecule has 2 atom stereocenters. The van der Waals surface area contributed by atoms with Crippen LogP contribution in [0.2, 0.25) is 0 Å². The van der Waals surface area contributed by atoms with E-state index in [9.17, 15) is 4.79 Å². The van der Waals surface area contributed by atoms with E-state index in [-0.39, 0.29) is 18.0 Å². The summed E-state index contributed by atoms with van der Waals surface area (Å²) in [7, 11) is 2.00. The predicted octanol–water partition coefficient (Wildman–Crippen LogP) is 3.73. The minimum absolute atomic E-state index is 0.0276. The molecule has 6 nitrogen and oxygen atoms in total. The highest BCUT2D eigenvalue weighted by Crippen LogP contribution is 2.38. The summed E-state index contributed by atoms with van der Waals surface area (Å²) in [6, 6.07) is 15.7. The largest absolute Gasteiger partial charge is 0.357 e. The molecule has 7 heteroatoms. The Hall–Kier alpha value is -3.19. The standard InChI is InChI=1S/C23H25N5OS/c1-16-7-3-4-8-18(16)25-20(29)11-14-28-22(17-10-13-27(2)15-17)21(26-23(28)30)19-9-5-6-12-24-19/h3-10,12-13,15,21-22H,11,14H2,1-2H3,(H,25,29)(H,26,30)/t21-,22+/m0/s1. The van der Waals surface area contributed by atoms with Crippen LogP contribution in [0.1, 0.15) is 35.3 Å². The first-order valence-corrected chi connectivity index (χ1v) is 10.4. The first-order chi connectivity index (χ1) is 14.5. The van der Waals surface area contributed by atoms with Crippen molar-refractivity contribution in [2.75, 3.05) is 11.9 Å². The highest BCUT2D eigenvalue weighted by Gasteiger charge is 2.40. The van der Waals surface area contributed by atoms with Gasteiger partial charge in [-0.25, -0.2) is 0 Å². The van der Waals surface area contributed by atoms with Crippen molar-refractivity contribution >= 4 is 28.9 Å². The number of nitrogens with zero attached hydrogens (tertiary/aromatic N) is 3. The van der Waals surface area contributed by atoms with Crippen molar-refractivity contribution in [1.29, 1.82) is 0 Å². The summed E-state index contributed by atoms with van der Waals surface area (Å²) >= 11 is 5.65. The highest BCUT2D eigenvalue weighted by molar-refractivity contribution is 7.80. The molecule has 2 aromatic heterocycles. The Labute approximate surface area is 181 Å². The van der Waals surface area contributed by atoms with Crippen molar-refractivity contribution in [1.82, 2.24) is 19.8 Å². The van der Waals surface area contributed by atoms with Gasteiger partial charge in [0.25, 0.3) is 0 Å². The number of anilines is 1. The van der Waals surface area contributed by atoms with Gasteiger partial charge in [-0.3, -0.25) is 9.78 Å². The molecule has 1 saturated heterocycles. The van der Waals surface area contributed by atoms with Gasteiger partial charge in [0.15, 0.2) is 5.11 Å². The summed E-state index contributed by atoms with van der Waals surface area (Å²) < 4.78 is 2.02. The van der Waals surface area contributed by atoms with Crippen molar-refractivity contribution in [2.24, 2.45) is 7.05 Å². The van der Waals surface area contributed by atoms with Crippen molar-refractivity contribution in [3.8, 4) is 0 Å². The molecule has 1 fully saturated rings. The number of rotatable bonds is 6. The van der Waals surface area contributed by atoms with E-state index in [0.717, 1.165) is 22.5 Å². The van der Waals surface area contributed by atoms with Crippen molar-refractivity contribution in [3.05, 3.63) is 83.9 Å². The third kappa shape index (κ3) is 4.21. The molecule has 1 aromatic carbocycles. The second-order valence-corrected chi connectivity index (χ2v) is 7.93. The molecule has 0 bridgehead atoms. The minimum Gasteiger partial charge on any atom is -0.357 e. The van der Waals surface area contributed by atoms with E-state index >= 15 is 0 Å². The van der Waals surface area contributed by atoms with E-state index in [2.05, 4.69) is 32.8 Å². The normalized spacial score (nSPS) is 18.3. The van der Waals surface area contributed by atoms with Crippen LogP contribution in [-0.2, 0) is 11.8 Å². The smallest absolute Gasteiger partial charge is 0.226 e. The number of para-hydroxylation sites is 1. The maximum absolute atomic E-state index is 12.6. The number of aryl methyl sites for hydroxylation is 2. The molecule has 4 rings (SSSR count). The molecular formula is C23H25N5OS. The van der Waals surface area contributed by atoms with Crippen molar-refractivity contribution in [2.45, 2.75) is 25.4 Å². The zero-order valence-electron chi connectivity index (χ0n) is 17.1. The number of carbonyl (C=O) groups is 1. The zero-order chi connectivity index (χ0) is 21.1. The molecule has 1 aliphatic heterocycles. The van der Waals surface area contributed by atoms with E-state index in [1.165, 1.54) is 0 Å². The third-order valence-electron chi connectivity index (χ3n) is 5.39. The van der Waals surface area contributed by atoms with Gasteiger partial charge in [0.05, 0.1) is 17.8 Å². The summed E-state index contributed by atoms with van der Waals surface area (Å²) in [5.74, 6) is -0.0276. The van der Waals surface area contributed by atoms with Crippen molar-refractivity contribution < 1.29 is 4.79 Å². The summed E-state index contributed by atoms with van der Waals surface area (Å²) in [6.07, 6.45) is 6.25. The Morgan fingerprint density at radius 2 is 2.00 bits per heavy atom. The number of amides is 1. The van der Waals surface area contributed by atoms with Crippen LogP contribution in [0.15, 0.2) is 67.1 Å². The van der Waals surface area contributed by atoms with Crippen LogP contribution in [0.3, 0.4) is 0 Å². The number of hydrogen-bond acceptors (Lipinski definition) is 3. The molecule has 3 aromatic rings. The first-order valence-electron chi connectivity index (χ1n) is 9.98. The molecule has 0 unspecified atom stereocenters. The Morgan fingerprint density at radius 3 is 2.70 bits per heavy atom. The number of hydrogen-bond donors (Lipinski definition) is 2. The average Bonchev–Trinajstić information content (AvgIpc) is 3.31. The van der Waals surface area contributed by atoms with Crippen LogP contribution >= 0.6 is 12.2 Å². The minimum atomic E-state index is -0.0690. The maximum Gasteiger partial charge on any atom is 0.226 e. The van der Waals surface area contributed by atoms with E-state index < -0.39 is 0 Å². The van der Waals surface area contributed by atoms with Crippen LogP contribution in [0.4, 0.5) is 5.69 Å². The summed E-state index contributed by atoms with van der Waals surface area (Å²) in [5.41, 5.74) is 3.96. The number of nitrogens with one attached hydrogen (secondary N) is 2. The van der Waals surface area contributed by atoms with Crippen LogP contribution < -0.4 is 10.6 Å². The molecule has 154 valence electrons. The molecule has 1 aliphatic rings. The summed E-state index contributed by atoms with van der Waals surface area (Å²) in [4.78, 5) is 19.2. The SMILES string of the molecule is Cc1ccccc1NC(=O)CCN1C(=S)N[C@@H](c2ccccn2)[C@H]1c1ccn(C)c1. The Bertz CT molecular complexity index is 1050. The average molecular weight is 420 g/mol. The molecule has 3 heterocycles. The van der Waals surface area contributed by atoms with Gasteiger partial charge in [0.2, 0.25) is 5.91 Å². The van der Waals surface area contributed by atoms with Gasteiger partial charge < -0.3 is 20.1 Å². The fourth-order valence-corrected chi connectivity index (χ4v) is 4.19. The number of aromatic nitrogens is 2. The van der Waals surface area contributed by atoms with Gasteiger partial charge in [-0.2, -0.15) is 0 Å². The quantitative estimate of drug-likeness (QED) is 0.596. The third-order valence-corrected chi connectivity index (χ3v) is 5.75. The lowest BCUT2D eigenvalue weighted by Gasteiger charge is -2.27. The zero-order valence-corrected chi connectivity index (χ0v) is 17.9. The lowest BCUT2D eigenvalue weighted by Crippen LogP contribution is -2.32. The molecule has 0 radical (unpaired) electrons. The second-order valence-electron chi connectivity index (χ2n) is 7.54. The van der Waals surface area contributed by atoms with Gasteiger partial charge in [-0.1, -0.05) is 24.3 Å². The first kappa shape index (κ1) is 20.1. The number of pyridine rings is 1. The lowest BCUT2D eigenvalue weighted by atomic mass is 9.99. The van der Waals surface area contributed by atoms with Gasteiger partial charge in [-0.15, -0.1) is 0 Å². The monoisotopic (exact) mass is 419 g/mol. The Balaban J connectivity index is 1.52. The maximum atomic E-state index is 12.6. The van der Waals surface area contributed by atoms with Gasteiger partial charge in [-0.05, 0) is 54.5 Å². The summed E-state index contributed by atoms with van der Waals surface area (Å²) in [5, 5.41) is 7.06. The van der Waals surface area contributed by atoms with Gasteiger partial charge in [0.1, 0.15) is 0 Å². The predicted molar refractivity (Wildman–Crippen MR) is 122 cm³/mol. The van der Waals surface area contributed by atoms with Crippen LogP contribution in [0.25, 0.3) is 0 Å². The van der Waals surface area contributed by atoms with Crippen molar-refractivity contribution in [3.63, 3.8) is 0 Å². The lowest BCUT2D eigenvalue weighted by molar-refractivity contribution is -0.116. The molecular weight excluding hydrogens is 394 g/mol. The van der Waals surface area contributed by atoms with E-state index in [0.29, 0.717) is 18.1 Å². The van der Waals surface area contributed by atoms with Gasteiger partial charge >= 0.3 is 0 Å². The van der Waals surface area contributed by atoms with E-state index in [1.54, 1.807) is 6.20 Å². The Kier molecular flexibility index (Phi) is 5.81. The van der Waals surface area contributed by atoms with Crippen LogP contribution in [0, 0.1) is 6.92 Å². The molecule has 0 saturated carbocycles. The highest BCUT2D eigenvalue weighted by atomic mass is 32.1. The van der Waals surface area contributed by atoms with Gasteiger partial charge in [0, 0.05) is 44.3 Å². The van der Waals surface area contributed by atoms with E-state index in [4.69, 9.17) is 12.2 Å². The number of thiocarbonyl (C=S) groups is 1. The number of benzene rings is 1.